The average Bonchev–Trinajstić information content (AvgIpc) is 3.17. The Morgan fingerprint density at radius 3 is 2.66 bits per heavy atom. The number of aromatic nitrogens is 2. The van der Waals surface area contributed by atoms with Crippen molar-refractivity contribution in [3.05, 3.63) is 76.1 Å². The number of nitrogens with one attached hydrogen (secondary N) is 2. The summed E-state index contributed by atoms with van der Waals surface area (Å²) in [5.74, 6) is 0.133. The highest BCUT2D eigenvalue weighted by molar-refractivity contribution is 6.31. The summed E-state index contributed by atoms with van der Waals surface area (Å²) < 4.78 is 1.91. The topological polar surface area (TPSA) is 59.0 Å². The Morgan fingerprint density at radius 1 is 1.14 bits per heavy atom. The van der Waals surface area contributed by atoms with Crippen LogP contribution in [0, 0.1) is 13.8 Å². The second-order valence-electron chi connectivity index (χ2n) is 7.53. The van der Waals surface area contributed by atoms with Crippen LogP contribution in [0.15, 0.2) is 48.7 Å². The summed E-state index contributed by atoms with van der Waals surface area (Å²) in [5, 5.41) is 11.8. The molecular weight excluding hydrogens is 384 g/mol. The van der Waals surface area contributed by atoms with Crippen molar-refractivity contribution in [3.8, 4) is 5.69 Å². The third-order valence-corrected chi connectivity index (χ3v) is 6.05. The Bertz CT molecular complexity index is 1040. The number of rotatable bonds is 4. The van der Waals surface area contributed by atoms with Gasteiger partial charge in [0, 0.05) is 16.6 Å². The highest BCUT2D eigenvalue weighted by Gasteiger charge is 2.27. The van der Waals surface area contributed by atoms with Gasteiger partial charge in [0.1, 0.15) is 0 Å². The maximum Gasteiger partial charge on any atom is 0.259 e. The van der Waals surface area contributed by atoms with Crippen LogP contribution in [0.4, 0.5) is 5.69 Å². The first kappa shape index (κ1) is 19.7. The largest absolute Gasteiger partial charge is 0.322 e. The number of hydrogen-bond acceptors (Lipinski definition) is 3. The van der Waals surface area contributed by atoms with E-state index in [9.17, 15) is 4.79 Å². The Balaban J connectivity index is 1.78. The number of anilines is 1. The molecule has 2 N–H and O–H groups in total. The summed E-state index contributed by atoms with van der Waals surface area (Å²) in [4.78, 5) is 13.2. The first-order chi connectivity index (χ1) is 14.1. The smallest absolute Gasteiger partial charge is 0.259 e. The van der Waals surface area contributed by atoms with Crippen LogP contribution in [0.2, 0.25) is 5.02 Å². The van der Waals surface area contributed by atoms with E-state index in [0.717, 1.165) is 54.1 Å². The third kappa shape index (κ3) is 3.93. The number of carbonyl (C=O) groups excluding carboxylic acids is 1. The SMILES string of the molecule is Cc1ccccc1NC(=O)c1cnn(-c2cccc(Cl)c2C)c1C1CCNCC1. The molecule has 3 aromatic rings. The fourth-order valence-corrected chi connectivity index (χ4v) is 4.11. The summed E-state index contributed by atoms with van der Waals surface area (Å²) in [5.41, 5.74) is 5.31. The van der Waals surface area contributed by atoms with E-state index >= 15 is 0 Å². The van der Waals surface area contributed by atoms with Crippen molar-refractivity contribution in [2.24, 2.45) is 0 Å². The lowest BCUT2D eigenvalue weighted by atomic mass is 9.91. The Morgan fingerprint density at radius 2 is 1.90 bits per heavy atom. The van der Waals surface area contributed by atoms with Gasteiger partial charge >= 0.3 is 0 Å². The number of halogens is 1. The van der Waals surface area contributed by atoms with Gasteiger partial charge in [0.2, 0.25) is 0 Å². The van der Waals surface area contributed by atoms with Gasteiger partial charge in [0.25, 0.3) is 5.91 Å². The van der Waals surface area contributed by atoms with Crippen molar-refractivity contribution in [3.63, 3.8) is 0 Å². The van der Waals surface area contributed by atoms with E-state index in [0.29, 0.717) is 10.6 Å². The van der Waals surface area contributed by atoms with Crippen molar-refractivity contribution >= 4 is 23.2 Å². The van der Waals surface area contributed by atoms with Gasteiger partial charge in [-0.15, -0.1) is 0 Å². The van der Waals surface area contributed by atoms with Crippen LogP contribution in [0.25, 0.3) is 5.69 Å². The van der Waals surface area contributed by atoms with Gasteiger partial charge in [-0.2, -0.15) is 5.10 Å². The van der Waals surface area contributed by atoms with Crippen LogP contribution in [0.3, 0.4) is 0 Å². The van der Waals surface area contributed by atoms with Gasteiger partial charge in [-0.05, 0) is 69.1 Å². The van der Waals surface area contributed by atoms with Gasteiger partial charge < -0.3 is 10.6 Å². The maximum absolute atomic E-state index is 13.2. The molecule has 0 saturated carbocycles. The second kappa shape index (κ2) is 8.39. The van der Waals surface area contributed by atoms with Crippen molar-refractivity contribution < 1.29 is 4.79 Å². The summed E-state index contributed by atoms with van der Waals surface area (Å²) in [6.07, 6.45) is 3.62. The van der Waals surface area contributed by atoms with E-state index in [1.807, 2.05) is 61.0 Å². The quantitative estimate of drug-likeness (QED) is 0.648. The Kier molecular flexibility index (Phi) is 5.69. The van der Waals surface area contributed by atoms with Crippen LogP contribution >= 0.6 is 11.6 Å². The van der Waals surface area contributed by atoms with E-state index in [1.54, 1.807) is 6.20 Å². The van der Waals surface area contributed by atoms with Crippen LogP contribution in [-0.2, 0) is 0 Å². The second-order valence-corrected chi connectivity index (χ2v) is 7.94. The monoisotopic (exact) mass is 408 g/mol. The molecule has 1 fully saturated rings. The average molecular weight is 409 g/mol. The zero-order valence-corrected chi connectivity index (χ0v) is 17.5. The van der Waals surface area contributed by atoms with Crippen molar-refractivity contribution in [2.75, 3.05) is 18.4 Å². The summed E-state index contributed by atoms with van der Waals surface area (Å²) in [6.45, 7) is 5.84. The Hall–Kier alpha value is -2.63. The number of nitrogens with zero attached hydrogens (tertiary/aromatic N) is 2. The van der Waals surface area contributed by atoms with Gasteiger partial charge in [0.05, 0.1) is 23.1 Å². The molecule has 0 bridgehead atoms. The molecule has 5 nitrogen and oxygen atoms in total. The van der Waals surface area contributed by atoms with E-state index in [-0.39, 0.29) is 11.8 Å². The molecule has 1 aliphatic rings. The minimum Gasteiger partial charge on any atom is -0.322 e. The zero-order valence-electron chi connectivity index (χ0n) is 16.7. The minimum atomic E-state index is -0.126. The predicted octanol–water partition coefficient (Wildman–Crippen LogP) is 4.86. The Labute approximate surface area is 176 Å². The van der Waals surface area contributed by atoms with E-state index < -0.39 is 0 Å². The van der Waals surface area contributed by atoms with E-state index in [2.05, 4.69) is 15.7 Å². The van der Waals surface area contributed by atoms with Crippen molar-refractivity contribution in [2.45, 2.75) is 32.6 Å². The van der Waals surface area contributed by atoms with Gasteiger partial charge in [-0.25, -0.2) is 4.68 Å². The van der Waals surface area contributed by atoms with E-state index in [4.69, 9.17) is 11.6 Å². The fraction of sp³-hybridized carbons (Fsp3) is 0.304. The zero-order chi connectivity index (χ0) is 20.4. The van der Waals surface area contributed by atoms with Gasteiger partial charge in [0.15, 0.2) is 0 Å². The van der Waals surface area contributed by atoms with Crippen LogP contribution in [-0.4, -0.2) is 28.8 Å². The molecule has 1 amide bonds. The summed E-state index contributed by atoms with van der Waals surface area (Å²) in [6, 6.07) is 13.6. The lowest BCUT2D eigenvalue weighted by Gasteiger charge is -2.25. The fourth-order valence-electron chi connectivity index (χ4n) is 3.94. The standard InChI is InChI=1S/C23H25ClN4O/c1-15-6-3-4-8-20(15)27-23(29)18-14-26-28(21-9-5-7-19(24)16(21)2)22(18)17-10-12-25-13-11-17/h3-9,14,17,25H,10-13H2,1-2H3,(H,27,29). The van der Waals surface area contributed by atoms with Crippen molar-refractivity contribution in [1.82, 2.24) is 15.1 Å². The molecule has 150 valence electrons. The molecule has 2 heterocycles. The molecule has 1 aromatic heterocycles. The first-order valence-corrected chi connectivity index (χ1v) is 10.3. The van der Waals surface area contributed by atoms with Crippen molar-refractivity contribution in [1.29, 1.82) is 0 Å². The molecule has 0 radical (unpaired) electrons. The molecular formula is C23H25ClN4O. The molecule has 6 heteroatoms. The number of benzene rings is 2. The lowest BCUT2D eigenvalue weighted by molar-refractivity contribution is 0.102. The van der Waals surface area contributed by atoms with Gasteiger partial charge in [-0.3, -0.25) is 4.79 Å². The number of piperidine rings is 1. The van der Waals surface area contributed by atoms with Crippen LogP contribution < -0.4 is 10.6 Å². The number of aryl methyl sites for hydroxylation is 1. The summed E-state index contributed by atoms with van der Waals surface area (Å²) in [7, 11) is 0. The van der Waals surface area contributed by atoms with Gasteiger partial charge in [-0.1, -0.05) is 35.9 Å². The number of amides is 1. The molecule has 2 aromatic carbocycles. The summed E-state index contributed by atoms with van der Waals surface area (Å²) >= 11 is 6.37. The lowest BCUT2D eigenvalue weighted by Crippen LogP contribution is -2.29. The van der Waals surface area contributed by atoms with E-state index in [1.165, 1.54) is 0 Å². The first-order valence-electron chi connectivity index (χ1n) is 9.97. The predicted molar refractivity (Wildman–Crippen MR) is 117 cm³/mol. The molecule has 4 rings (SSSR count). The van der Waals surface area contributed by atoms with Crippen LogP contribution in [0.5, 0.6) is 0 Å². The number of hydrogen-bond donors (Lipinski definition) is 2. The molecule has 0 unspecified atom stereocenters. The molecule has 29 heavy (non-hydrogen) atoms. The van der Waals surface area contributed by atoms with Crippen LogP contribution in [0.1, 0.15) is 45.9 Å². The maximum atomic E-state index is 13.2. The highest BCUT2D eigenvalue weighted by atomic mass is 35.5. The minimum absolute atomic E-state index is 0.126. The number of carbonyl (C=O) groups is 1. The molecule has 1 saturated heterocycles. The molecule has 0 spiro atoms. The number of para-hydroxylation sites is 1. The molecule has 0 atom stereocenters. The third-order valence-electron chi connectivity index (χ3n) is 5.64. The highest BCUT2D eigenvalue weighted by Crippen LogP contribution is 2.32. The normalized spacial score (nSPS) is 14.7. The molecule has 0 aliphatic carbocycles. The molecule has 1 aliphatic heterocycles.